The summed E-state index contributed by atoms with van der Waals surface area (Å²) in [6.07, 6.45) is 3.49. The molecular formula is C21H22N4O3. The molecule has 1 heterocycles. The summed E-state index contributed by atoms with van der Waals surface area (Å²) in [5.74, 6) is 0.473. The maximum absolute atomic E-state index is 12.2. The van der Waals surface area contributed by atoms with E-state index in [-0.39, 0.29) is 11.4 Å². The Bertz CT molecular complexity index is 948. The summed E-state index contributed by atoms with van der Waals surface area (Å²) in [5, 5.41) is 20.4. The average molecular weight is 378 g/mol. The number of ether oxygens (including phenoxy) is 1. The molecule has 3 N–H and O–H groups in total. The molecule has 7 heteroatoms. The Kier molecular flexibility index (Phi) is 6.41. The highest BCUT2D eigenvalue weighted by molar-refractivity contribution is 5.94. The van der Waals surface area contributed by atoms with Gasteiger partial charge in [0.05, 0.1) is 18.5 Å². The molecule has 0 aliphatic carbocycles. The number of hydrogen-bond acceptors (Lipinski definition) is 5. The number of aromatic hydroxyl groups is 1. The van der Waals surface area contributed by atoms with Crippen LogP contribution in [0, 0.1) is 0 Å². The standard InChI is InChI=1S/C21H22N4O3/c1-2-3-12-28-17-10-8-15(9-11-17)18-13-19(24-23-18)21(27)25-22-14-16-6-4-5-7-20(16)26/h4-11,13-14,26H,2-3,12H2,1H3,(H,23,24)(H,25,27)/b22-14-. The normalized spacial score (nSPS) is 10.9. The molecule has 0 radical (unpaired) electrons. The minimum Gasteiger partial charge on any atom is -0.507 e. The van der Waals surface area contributed by atoms with Gasteiger partial charge in [-0.25, -0.2) is 5.43 Å². The topological polar surface area (TPSA) is 99.6 Å². The van der Waals surface area contributed by atoms with Crippen molar-refractivity contribution in [1.82, 2.24) is 15.6 Å². The Balaban J connectivity index is 1.60. The Morgan fingerprint density at radius 1 is 1.25 bits per heavy atom. The zero-order valence-corrected chi connectivity index (χ0v) is 15.6. The Morgan fingerprint density at radius 2 is 2.04 bits per heavy atom. The second-order valence-electron chi connectivity index (χ2n) is 6.15. The highest BCUT2D eigenvalue weighted by Crippen LogP contribution is 2.21. The second-order valence-corrected chi connectivity index (χ2v) is 6.15. The van der Waals surface area contributed by atoms with E-state index in [2.05, 4.69) is 27.6 Å². The molecule has 28 heavy (non-hydrogen) atoms. The number of aromatic amines is 1. The summed E-state index contributed by atoms with van der Waals surface area (Å²) >= 11 is 0. The third-order valence-corrected chi connectivity index (χ3v) is 4.05. The number of phenolic OH excluding ortho intramolecular Hbond substituents is 1. The molecule has 0 aliphatic heterocycles. The van der Waals surface area contributed by atoms with E-state index < -0.39 is 5.91 Å². The van der Waals surface area contributed by atoms with Crippen LogP contribution in [0.5, 0.6) is 11.5 Å². The largest absolute Gasteiger partial charge is 0.507 e. The van der Waals surface area contributed by atoms with Crippen LogP contribution in [-0.4, -0.2) is 34.0 Å². The number of carbonyl (C=O) groups is 1. The van der Waals surface area contributed by atoms with Crippen LogP contribution in [0.2, 0.25) is 0 Å². The van der Waals surface area contributed by atoms with Gasteiger partial charge in [-0.05, 0) is 48.9 Å². The van der Waals surface area contributed by atoms with Crippen LogP contribution in [0.3, 0.4) is 0 Å². The van der Waals surface area contributed by atoms with Crippen molar-refractivity contribution in [2.75, 3.05) is 6.61 Å². The number of aromatic nitrogens is 2. The van der Waals surface area contributed by atoms with Gasteiger partial charge in [0.25, 0.3) is 5.91 Å². The maximum atomic E-state index is 12.2. The number of phenols is 1. The smallest absolute Gasteiger partial charge is 0.289 e. The van der Waals surface area contributed by atoms with E-state index in [1.807, 2.05) is 24.3 Å². The van der Waals surface area contributed by atoms with Crippen molar-refractivity contribution in [1.29, 1.82) is 0 Å². The van der Waals surface area contributed by atoms with Gasteiger partial charge in [-0.3, -0.25) is 9.89 Å². The van der Waals surface area contributed by atoms with Crippen LogP contribution in [0.4, 0.5) is 0 Å². The summed E-state index contributed by atoms with van der Waals surface area (Å²) in [7, 11) is 0. The Morgan fingerprint density at radius 3 is 2.79 bits per heavy atom. The summed E-state index contributed by atoms with van der Waals surface area (Å²) in [6, 6.07) is 15.9. The molecular weight excluding hydrogens is 356 g/mol. The molecule has 0 aliphatic rings. The van der Waals surface area contributed by atoms with Gasteiger partial charge in [-0.1, -0.05) is 25.5 Å². The third-order valence-electron chi connectivity index (χ3n) is 4.05. The van der Waals surface area contributed by atoms with Crippen molar-refractivity contribution < 1.29 is 14.6 Å². The highest BCUT2D eigenvalue weighted by Gasteiger charge is 2.10. The molecule has 2 aromatic carbocycles. The van der Waals surface area contributed by atoms with Crippen LogP contribution in [0.25, 0.3) is 11.3 Å². The van der Waals surface area contributed by atoms with E-state index in [1.165, 1.54) is 6.21 Å². The number of nitrogens with zero attached hydrogens (tertiary/aromatic N) is 2. The van der Waals surface area contributed by atoms with Gasteiger partial charge in [-0.15, -0.1) is 0 Å². The number of amides is 1. The molecule has 3 rings (SSSR count). The quantitative estimate of drug-likeness (QED) is 0.316. The second kappa shape index (κ2) is 9.36. The molecule has 0 bridgehead atoms. The van der Waals surface area contributed by atoms with Crippen molar-refractivity contribution in [3.63, 3.8) is 0 Å². The van der Waals surface area contributed by atoms with E-state index in [0.29, 0.717) is 17.9 Å². The molecule has 0 fully saturated rings. The van der Waals surface area contributed by atoms with E-state index in [9.17, 15) is 9.90 Å². The van der Waals surface area contributed by atoms with E-state index in [4.69, 9.17) is 4.74 Å². The number of carbonyl (C=O) groups excluding carboxylic acids is 1. The monoisotopic (exact) mass is 378 g/mol. The van der Waals surface area contributed by atoms with Crippen LogP contribution in [0.1, 0.15) is 35.8 Å². The first-order valence-corrected chi connectivity index (χ1v) is 9.07. The summed E-state index contributed by atoms with van der Waals surface area (Å²) < 4.78 is 5.64. The molecule has 7 nitrogen and oxygen atoms in total. The Labute approximate surface area is 163 Å². The lowest BCUT2D eigenvalue weighted by Crippen LogP contribution is -2.18. The van der Waals surface area contributed by atoms with Gasteiger partial charge in [-0.2, -0.15) is 10.2 Å². The van der Waals surface area contributed by atoms with E-state index in [0.717, 1.165) is 24.2 Å². The van der Waals surface area contributed by atoms with Gasteiger partial charge in [0.1, 0.15) is 17.2 Å². The molecule has 1 aromatic heterocycles. The molecule has 3 aromatic rings. The number of unbranched alkanes of at least 4 members (excludes halogenated alkanes) is 1. The number of hydrazone groups is 1. The lowest BCUT2D eigenvalue weighted by atomic mass is 10.1. The first kappa shape index (κ1) is 19.2. The average Bonchev–Trinajstić information content (AvgIpc) is 3.20. The van der Waals surface area contributed by atoms with Crippen LogP contribution >= 0.6 is 0 Å². The highest BCUT2D eigenvalue weighted by atomic mass is 16.5. The van der Waals surface area contributed by atoms with E-state index in [1.54, 1.807) is 30.3 Å². The van der Waals surface area contributed by atoms with Gasteiger partial charge in [0.15, 0.2) is 0 Å². The molecule has 0 unspecified atom stereocenters. The predicted molar refractivity (Wildman–Crippen MR) is 108 cm³/mol. The predicted octanol–water partition coefficient (Wildman–Crippen LogP) is 3.73. The SMILES string of the molecule is CCCCOc1ccc(-c2cc(C(=O)N/N=C\c3ccccc3O)[nH]n2)cc1. The van der Waals surface area contributed by atoms with Crippen molar-refractivity contribution >= 4 is 12.1 Å². The van der Waals surface area contributed by atoms with Crippen LogP contribution in [0.15, 0.2) is 59.7 Å². The zero-order valence-electron chi connectivity index (χ0n) is 15.6. The number of nitrogens with one attached hydrogen (secondary N) is 2. The van der Waals surface area contributed by atoms with Gasteiger partial charge < -0.3 is 9.84 Å². The number of H-pyrrole nitrogens is 1. The number of hydrogen-bond donors (Lipinski definition) is 3. The van der Waals surface area contributed by atoms with Gasteiger partial charge in [0.2, 0.25) is 0 Å². The lowest BCUT2D eigenvalue weighted by Gasteiger charge is -2.05. The molecule has 144 valence electrons. The fourth-order valence-corrected chi connectivity index (χ4v) is 2.46. The Hall–Kier alpha value is -3.61. The van der Waals surface area contributed by atoms with Crippen LogP contribution in [-0.2, 0) is 0 Å². The number of benzene rings is 2. The minimum absolute atomic E-state index is 0.0893. The number of rotatable bonds is 8. The maximum Gasteiger partial charge on any atom is 0.289 e. The van der Waals surface area contributed by atoms with Crippen molar-refractivity contribution in [2.24, 2.45) is 5.10 Å². The first-order valence-electron chi connectivity index (χ1n) is 9.07. The first-order chi connectivity index (χ1) is 13.7. The van der Waals surface area contributed by atoms with Gasteiger partial charge in [0, 0.05) is 11.1 Å². The van der Waals surface area contributed by atoms with Crippen molar-refractivity contribution in [3.05, 3.63) is 65.9 Å². The van der Waals surface area contributed by atoms with Gasteiger partial charge >= 0.3 is 0 Å². The van der Waals surface area contributed by atoms with Crippen molar-refractivity contribution in [3.8, 4) is 22.8 Å². The summed E-state index contributed by atoms with van der Waals surface area (Å²) in [5.41, 5.74) is 4.72. The fraction of sp³-hybridized carbons (Fsp3) is 0.190. The third kappa shape index (κ3) is 4.97. The fourth-order valence-electron chi connectivity index (χ4n) is 2.46. The minimum atomic E-state index is -0.426. The zero-order chi connectivity index (χ0) is 19.8. The van der Waals surface area contributed by atoms with Crippen molar-refractivity contribution in [2.45, 2.75) is 19.8 Å². The molecule has 0 atom stereocenters. The molecule has 1 amide bonds. The molecule has 0 saturated carbocycles. The molecule has 0 saturated heterocycles. The lowest BCUT2D eigenvalue weighted by molar-refractivity contribution is 0.0950. The molecule has 0 spiro atoms. The van der Waals surface area contributed by atoms with E-state index >= 15 is 0 Å². The summed E-state index contributed by atoms with van der Waals surface area (Å²) in [6.45, 7) is 2.82. The number of para-hydroxylation sites is 1. The van der Waals surface area contributed by atoms with Crippen LogP contribution < -0.4 is 10.2 Å². The summed E-state index contributed by atoms with van der Waals surface area (Å²) in [4.78, 5) is 12.2.